The van der Waals surface area contributed by atoms with E-state index >= 15 is 0 Å². The molecule has 21 heavy (non-hydrogen) atoms. The Morgan fingerprint density at radius 1 is 1.14 bits per heavy atom. The molecule has 126 valence electrons. The fourth-order valence-electron chi connectivity index (χ4n) is 2.91. The molecule has 0 atom stereocenters. The first-order chi connectivity index (χ1) is 9.56. The standard InChI is InChI=1S/C16H34N4.HI/c1-6-17-16(19-11-7-8-12-19)18-10-9-13-20(14(2)3)15(4)5;/h14-15H,6-13H2,1-5H3,(H,17,18);1H. The summed E-state index contributed by atoms with van der Waals surface area (Å²) in [7, 11) is 0. The van der Waals surface area contributed by atoms with Crippen molar-refractivity contribution in [1.29, 1.82) is 0 Å². The predicted octanol–water partition coefficient (Wildman–Crippen LogP) is 3.17. The molecule has 0 unspecified atom stereocenters. The van der Waals surface area contributed by atoms with E-state index in [-0.39, 0.29) is 24.0 Å². The molecule has 1 aliphatic rings. The van der Waals surface area contributed by atoms with E-state index in [1.807, 2.05) is 0 Å². The topological polar surface area (TPSA) is 30.9 Å². The molecule has 0 saturated carbocycles. The molecule has 0 amide bonds. The molecule has 0 aromatic rings. The maximum atomic E-state index is 4.79. The van der Waals surface area contributed by atoms with E-state index < -0.39 is 0 Å². The van der Waals surface area contributed by atoms with Gasteiger partial charge in [-0.15, -0.1) is 24.0 Å². The molecule has 0 spiro atoms. The number of aliphatic imine (C=N–C) groups is 1. The van der Waals surface area contributed by atoms with Gasteiger partial charge in [0.05, 0.1) is 0 Å². The third kappa shape index (κ3) is 7.68. The van der Waals surface area contributed by atoms with Crippen LogP contribution in [0.1, 0.15) is 53.9 Å². The van der Waals surface area contributed by atoms with Crippen molar-refractivity contribution in [2.75, 3.05) is 32.7 Å². The lowest BCUT2D eigenvalue weighted by atomic mass is 10.2. The van der Waals surface area contributed by atoms with Crippen molar-refractivity contribution in [2.24, 2.45) is 4.99 Å². The average molecular weight is 410 g/mol. The maximum Gasteiger partial charge on any atom is 0.193 e. The zero-order valence-electron chi connectivity index (χ0n) is 14.6. The van der Waals surface area contributed by atoms with Crippen molar-refractivity contribution in [3.8, 4) is 0 Å². The van der Waals surface area contributed by atoms with Gasteiger partial charge in [0.15, 0.2) is 5.96 Å². The number of likely N-dealkylation sites (tertiary alicyclic amines) is 1. The van der Waals surface area contributed by atoms with Crippen molar-refractivity contribution < 1.29 is 0 Å². The minimum Gasteiger partial charge on any atom is -0.357 e. The molecule has 1 fully saturated rings. The van der Waals surface area contributed by atoms with Crippen LogP contribution in [0.2, 0.25) is 0 Å². The number of nitrogens with one attached hydrogen (secondary N) is 1. The Balaban J connectivity index is 0.00000400. The second-order valence-electron chi connectivity index (χ2n) is 6.21. The largest absolute Gasteiger partial charge is 0.357 e. The smallest absolute Gasteiger partial charge is 0.193 e. The van der Waals surface area contributed by atoms with Crippen LogP contribution >= 0.6 is 24.0 Å². The minimum absolute atomic E-state index is 0. The number of hydrogen-bond acceptors (Lipinski definition) is 2. The third-order valence-electron chi connectivity index (χ3n) is 3.90. The van der Waals surface area contributed by atoms with Gasteiger partial charge in [-0.25, -0.2) is 0 Å². The Bertz CT molecular complexity index is 278. The van der Waals surface area contributed by atoms with E-state index in [4.69, 9.17) is 4.99 Å². The fourth-order valence-corrected chi connectivity index (χ4v) is 2.91. The van der Waals surface area contributed by atoms with E-state index in [1.165, 1.54) is 12.8 Å². The highest BCUT2D eigenvalue weighted by molar-refractivity contribution is 14.0. The number of nitrogens with zero attached hydrogens (tertiary/aromatic N) is 3. The highest BCUT2D eigenvalue weighted by Crippen LogP contribution is 2.08. The highest BCUT2D eigenvalue weighted by atomic mass is 127. The number of rotatable bonds is 7. The summed E-state index contributed by atoms with van der Waals surface area (Å²) in [6.45, 7) is 16.6. The molecule has 0 aliphatic carbocycles. The minimum atomic E-state index is 0. The van der Waals surface area contributed by atoms with Crippen LogP contribution in [-0.2, 0) is 0 Å². The van der Waals surface area contributed by atoms with Crippen LogP contribution in [0.3, 0.4) is 0 Å². The monoisotopic (exact) mass is 410 g/mol. The maximum absolute atomic E-state index is 4.79. The summed E-state index contributed by atoms with van der Waals surface area (Å²) in [4.78, 5) is 9.73. The van der Waals surface area contributed by atoms with Crippen molar-refractivity contribution in [2.45, 2.75) is 66.0 Å². The first kappa shape index (κ1) is 21.0. The lowest BCUT2D eigenvalue weighted by Crippen LogP contribution is -2.40. The van der Waals surface area contributed by atoms with Crippen LogP contribution in [0.15, 0.2) is 4.99 Å². The van der Waals surface area contributed by atoms with Crippen molar-refractivity contribution in [1.82, 2.24) is 15.1 Å². The summed E-state index contributed by atoms with van der Waals surface area (Å²) < 4.78 is 0. The molecular formula is C16H35IN4. The summed E-state index contributed by atoms with van der Waals surface area (Å²) in [6, 6.07) is 1.23. The average Bonchev–Trinajstić information content (AvgIpc) is 2.90. The lowest BCUT2D eigenvalue weighted by Gasteiger charge is -2.30. The molecule has 5 heteroatoms. The molecule has 1 aliphatic heterocycles. The van der Waals surface area contributed by atoms with Crippen LogP contribution in [0.25, 0.3) is 0 Å². The van der Waals surface area contributed by atoms with Crippen LogP contribution in [0.4, 0.5) is 0 Å². The molecule has 1 N–H and O–H groups in total. The van der Waals surface area contributed by atoms with Crippen molar-refractivity contribution >= 4 is 29.9 Å². The Labute approximate surface area is 148 Å². The molecule has 1 saturated heterocycles. The first-order valence-electron chi connectivity index (χ1n) is 8.35. The third-order valence-corrected chi connectivity index (χ3v) is 3.90. The van der Waals surface area contributed by atoms with Gasteiger partial charge in [0.2, 0.25) is 0 Å². The zero-order chi connectivity index (χ0) is 15.0. The van der Waals surface area contributed by atoms with Gasteiger partial charge in [0.25, 0.3) is 0 Å². The van der Waals surface area contributed by atoms with Gasteiger partial charge in [-0.2, -0.15) is 0 Å². The molecular weight excluding hydrogens is 375 g/mol. The predicted molar refractivity (Wildman–Crippen MR) is 104 cm³/mol. The summed E-state index contributed by atoms with van der Waals surface area (Å²) in [6.07, 6.45) is 3.75. The molecule has 0 radical (unpaired) electrons. The van der Waals surface area contributed by atoms with E-state index in [0.29, 0.717) is 12.1 Å². The fraction of sp³-hybridized carbons (Fsp3) is 0.938. The Hall–Kier alpha value is -0.0400. The lowest BCUT2D eigenvalue weighted by molar-refractivity contribution is 0.174. The highest BCUT2D eigenvalue weighted by Gasteiger charge is 2.15. The first-order valence-corrected chi connectivity index (χ1v) is 8.35. The number of guanidine groups is 1. The molecule has 0 aromatic heterocycles. The van der Waals surface area contributed by atoms with Gasteiger partial charge in [-0.3, -0.25) is 9.89 Å². The van der Waals surface area contributed by atoms with Crippen LogP contribution in [0, 0.1) is 0 Å². The Morgan fingerprint density at radius 3 is 2.19 bits per heavy atom. The second-order valence-corrected chi connectivity index (χ2v) is 6.21. The van der Waals surface area contributed by atoms with E-state index in [1.54, 1.807) is 0 Å². The van der Waals surface area contributed by atoms with E-state index in [9.17, 15) is 0 Å². The normalized spacial score (nSPS) is 16.0. The van der Waals surface area contributed by atoms with Crippen LogP contribution < -0.4 is 5.32 Å². The van der Waals surface area contributed by atoms with Gasteiger partial charge in [0, 0.05) is 44.8 Å². The zero-order valence-corrected chi connectivity index (χ0v) is 16.9. The van der Waals surface area contributed by atoms with Crippen LogP contribution in [0.5, 0.6) is 0 Å². The SMILES string of the molecule is CCNC(=NCCCN(C(C)C)C(C)C)N1CCCC1.I. The van der Waals surface area contributed by atoms with Gasteiger partial charge in [-0.1, -0.05) is 0 Å². The Morgan fingerprint density at radius 2 is 1.71 bits per heavy atom. The van der Waals surface area contributed by atoms with Crippen molar-refractivity contribution in [3.63, 3.8) is 0 Å². The molecule has 1 rings (SSSR count). The van der Waals surface area contributed by atoms with Gasteiger partial charge < -0.3 is 10.2 Å². The van der Waals surface area contributed by atoms with E-state index in [2.05, 4.69) is 49.7 Å². The van der Waals surface area contributed by atoms with Crippen LogP contribution in [-0.4, -0.2) is 60.6 Å². The number of hydrogen-bond donors (Lipinski definition) is 1. The number of halogens is 1. The second kappa shape index (κ2) is 11.5. The van der Waals surface area contributed by atoms with Gasteiger partial charge >= 0.3 is 0 Å². The molecule has 0 aromatic carbocycles. The van der Waals surface area contributed by atoms with Crippen molar-refractivity contribution in [3.05, 3.63) is 0 Å². The summed E-state index contributed by atoms with van der Waals surface area (Å²) in [5.41, 5.74) is 0. The van der Waals surface area contributed by atoms with Gasteiger partial charge in [-0.05, 0) is 53.9 Å². The quantitative estimate of drug-likeness (QED) is 0.303. The Kier molecular flexibility index (Phi) is 11.5. The van der Waals surface area contributed by atoms with Gasteiger partial charge in [0.1, 0.15) is 0 Å². The molecule has 1 heterocycles. The molecule has 4 nitrogen and oxygen atoms in total. The molecule has 0 bridgehead atoms. The summed E-state index contributed by atoms with van der Waals surface area (Å²) in [5, 5.41) is 3.42. The summed E-state index contributed by atoms with van der Waals surface area (Å²) in [5.74, 6) is 1.12. The van der Waals surface area contributed by atoms with E-state index in [0.717, 1.165) is 45.1 Å². The summed E-state index contributed by atoms with van der Waals surface area (Å²) >= 11 is 0.